The normalized spacial score (nSPS) is 10.5. The van der Waals surface area contributed by atoms with Crippen molar-refractivity contribution in [3.63, 3.8) is 0 Å². The zero-order valence-corrected chi connectivity index (χ0v) is 18.8. The van der Waals surface area contributed by atoms with Crippen molar-refractivity contribution >= 4 is 34.9 Å². The summed E-state index contributed by atoms with van der Waals surface area (Å²) in [5.41, 5.74) is 3.35. The van der Waals surface area contributed by atoms with Gasteiger partial charge >= 0.3 is 5.97 Å². The van der Waals surface area contributed by atoms with Gasteiger partial charge in [0.15, 0.2) is 11.5 Å². The van der Waals surface area contributed by atoms with E-state index in [1.54, 1.807) is 38.3 Å². The Hall–Kier alpha value is -2.89. The van der Waals surface area contributed by atoms with Gasteiger partial charge in [-0.15, -0.1) is 0 Å². The standard InChI is InChI=1S/C24H23Cl2NO4/c1-3-30-24(28)18-6-8-19(9-7-18)27-14-16-5-11-22(23(13-16)29-2)31-15-17-4-10-20(25)21(26)12-17/h4-13,27H,3,14-15H2,1-2H3. The second-order valence-corrected chi connectivity index (χ2v) is 7.49. The molecule has 0 saturated heterocycles. The molecule has 0 atom stereocenters. The number of carbonyl (C=O) groups is 1. The monoisotopic (exact) mass is 459 g/mol. The molecule has 0 aromatic heterocycles. The molecule has 3 aromatic carbocycles. The lowest BCUT2D eigenvalue weighted by atomic mass is 10.1. The number of ether oxygens (including phenoxy) is 3. The zero-order valence-electron chi connectivity index (χ0n) is 17.3. The van der Waals surface area contributed by atoms with Crippen LogP contribution in [0.15, 0.2) is 60.7 Å². The van der Waals surface area contributed by atoms with E-state index in [-0.39, 0.29) is 5.97 Å². The molecule has 0 heterocycles. The summed E-state index contributed by atoms with van der Waals surface area (Å²) in [7, 11) is 1.60. The van der Waals surface area contributed by atoms with E-state index in [0.29, 0.717) is 46.9 Å². The molecule has 3 rings (SSSR count). The lowest BCUT2D eigenvalue weighted by molar-refractivity contribution is 0.0526. The number of methoxy groups -OCH3 is 1. The lowest BCUT2D eigenvalue weighted by Gasteiger charge is -2.13. The topological polar surface area (TPSA) is 56.8 Å². The summed E-state index contributed by atoms with van der Waals surface area (Å²) in [6, 6.07) is 18.3. The summed E-state index contributed by atoms with van der Waals surface area (Å²) in [6.07, 6.45) is 0. The first-order valence-corrected chi connectivity index (χ1v) is 10.5. The van der Waals surface area contributed by atoms with Crippen LogP contribution in [0.5, 0.6) is 11.5 Å². The molecule has 7 heteroatoms. The number of anilines is 1. The van der Waals surface area contributed by atoms with Crippen molar-refractivity contribution in [2.24, 2.45) is 0 Å². The van der Waals surface area contributed by atoms with E-state index in [2.05, 4.69) is 5.32 Å². The Morgan fingerprint density at radius 3 is 2.32 bits per heavy atom. The Labute approximate surface area is 191 Å². The quantitative estimate of drug-likeness (QED) is 0.376. The summed E-state index contributed by atoms with van der Waals surface area (Å²) in [5, 5.41) is 4.33. The minimum atomic E-state index is -0.324. The van der Waals surface area contributed by atoms with Crippen LogP contribution in [0.3, 0.4) is 0 Å². The van der Waals surface area contributed by atoms with Gasteiger partial charge in [-0.05, 0) is 66.6 Å². The molecule has 162 valence electrons. The molecule has 0 bridgehead atoms. The molecular formula is C24H23Cl2NO4. The van der Waals surface area contributed by atoms with Crippen molar-refractivity contribution in [1.29, 1.82) is 0 Å². The van der Waals surface area contributed by atoms with Crippen LogP contribution in [0.2, 0.25) is 10.0 Å². The number of nitrogens with one attached hydrogen (secondary N) is 1. The number of carbonyl (C=O) groups excluding carboxylic acids is 1. The fourth-order valence-corrected chi connectivity index (χ4v) is 3.20. The van der Waals surface area contributed by atoms with Crippen LogP contribution >= 0.6 is 23.2 Å². The van der Waals surface area contributed by atoms with Crippen LogP contribution in [-0.4, -0.2) is 19.7 Å². The number of hydrogen-bond donors (Lipinski definition) is 1. The summed E-state index contributed by atoms with van der Waals surface area (Å²) in [6.45, 7) is 3.07. The first-order valence-electron chi connectivity index (χ1n) is 9.75. The molecule has 0 spiro atoms. The Morgan fingerprint density at radius 2 is 1.65 bits per heavy atom. The summed E-state index contributed by atoms with van der Waals surface area (Å²) < 4.78 is 16.4. The van der Waals surface area contributed by atoms with Crippen LogP contribution < -0.4 is 14.8 Å². The van der Waals surface area contributed by atoms with Crippen LogP contribution in [0.4, 0.5) is 5.69 Å². The van der Waals surface area contributed by atoms with Crippen molar-refractivity contribution in [3.05, 3.63) is 87.4 Å². The van der Waals surface area contributed by atoms with Crippen LogP contribution in [0.25, 0.3) is 0 Å². The SMILES string of the molecule is CCOC(=O)c1ccc(NCc2ccc(OCc3ccc(Cl)c(Cl)c3)c(OC)c2)cc1. The van der Waals surface area contributed by atoms with E-state index in [0.717, 1.165) is 16.8 Å². The van der Waals surface area contributed by atoms with Gasteiger partial charge < -0.3 is 19.5 Å². The second-order valence-electron chi connectivity index (χ2n) is 6.67. The third-order valence-electron chi connectivity index (χ3n) is 4.50. The average molecular weight is 460 g/mol. The third-order valence-corrected chi connectivity index (χ3v) is 5.24. The lowest BCUT2D eigenvalue weighted by Crippen LogP contribution is -2.05. The van der Waals surface area contributed by atoms with Crippen molar-refractivity contribution in [2.75, 3.05) is 19.0 Å². The molecule has 0 fully saturated rings. The highest BCUT2D eigenvalue weighted by molar-refractivity contribution is 6.42. The van der Waals surface area contributed by atoms with Gasteiger partial charge in [0.2, 0.25) is 0 Å². The molecule has 0 unspecified atom stereocenters. The van der Waals surface area contributed by atoms with E-state index in [1.807, 2.05) is 36.4 Å². The highest BCUT2D eigenvalue weighted by Crippen LogP contribution is 2.30. The van der Waals surface area contributed by atoms with Gasteiger partial charge in [0, 0.05) is 12.2 Å². The maximum Gasteiger partial charge on any atom is 0.338 e. The van der Waals surface area contributed by atoms with Crippen molar-refractivity contribution < 1.29 is 19.0 Å². The molecule has 0 saturated carbocycles. The van der Waals surface area contributed by atoms with Gasteiger partial charge in [-0.25, -0.2) is 4.79 Å². The highest BCUT2D eigenvalue weighted by atomic mass is 35.5. The fourth-order valence-electron chi connectivity index (χ4n) is 2.87. The summed E-state index contributed by atoms with van der Waals surface area (Å²) in [4.78, 5) is 11.7. The molecule has 3 aromatic rings. The van der Waals surface area contributed by atoms with Crippen LogP contribution in [0.1, 0.15) is 28.4 Å². The largest absolute Gasteiger partial charge is 0.493 e. The molecule has 1 N–H and O–H groups in total. The summed E-state index contributed by atoms with van der Waals surface area (Å²) >= 11 is 12.0. The van der Waals surface area contributed by atoms with Crippen molar-refractivity contribution in [3.8, 4) is 11.5 Å². The molecule has 0 radical (unpaired) electrons. The number of hydrogen-bond acceptors (Lipinski definition) is 5. The van der Waals surface area contributed by atoms with E-state index >= 15 is 0 Å². The van der Waals surface area contributed by atoms with Crippen LogP contribution in [0, 0.1) is 0 Å². The minimum absolute atomic E-state index is 0.324. The Morgan fingerprint density at radius 1 is 0.903 bits per heavy atom. The molecule has 5 nitrogen and oxygen atoms in total. The smallest absolute Gasteiger partial charge is 0.338 e. The van der Waals surface area contributed by atoms with Gasteiger partial charge in [-0.3, -0.25) is 0 Å². The number of esters is 1. The third kappa shape index (κ3) is 6.29. The second kappa shape index (κ2) is 10.9. The Balaban J connectivity index is 1.60. The number of benzene rings is 3. The maximum atomic E-state index is 11.7. The zero-order chi connectivity index (χ0) is 22.2. The first-order chi connectivity index (χ1) is 15.0. The predicted molar refractivity (Wildman–Crippen MR) is 124 cm³/mol. The molecule has 0 amide bonds. The fraction of sp³-hybridized carbons (Fsp3) is 0.208. The van der Waals surface area contributed by atoms with Crippen molar-refractivity contribution in [1.82, 2.24) is 0 Å². The Kier molecular flexibility index (Phi) is 8.04. The number of halogens is 2. The minimum Gasteiger partial charge on any atom is -0.493 e. The van der Waals surface area contributed by atoms with Gasteiger partial charge in [0.05, 0.1) is 29.3 Å². The van der Waals surface area contributed by atoms with Gasteiger partial charge in [-0.1, -0.05) is 35.3 Å². The van der Waals surface area contributed by atoms with Crippen LogP contribution in [-0.2, 0) is 17.9 Å². The highest BCUT2D eigenvalue weighted by Gasteiger charge is 2.09. The van der Waals surface area contributed by atoms with E-state index in [4.69, 9.17) is 37.4 Å². The van der Waals surface area contributed by atoms with E-state index in [9.17, 15) is 4.79 Å². The molecule has 0 aliphatic rings. The van der Waals surface area contributed by atoms with Gasteiger partial charge in [0.25, 0.3) is 0 Å². The van der Waals surface area contributed by atoms with Gasteiger partial charge in [0.1, 0.15) is 6.61 Å². The maximum absolute atomic E-state index is 11.7. The molecule has 0 aliphatic carbocycles. The first kappa shape index (κ1) is 22.8. The van der Waals surface area contributed by atoms with Gasteiger partial charge in [-0.2, -0.15) is 0 Å². The van der Waals surface area contributed by atoms with E-state index in [1.165, 1.54) is 0 Å². The van der Waals surface area contributed by atoms with E-state index < -0.39 is 0 Å². The summed E-state index contributed by atoms with van der Waals surface area (Å²) in [5.74, 6) is 0.948. The molecule has 31 heavy (non-hydrogen) atoms. The average Bonchev–Trinajstić information content (AvgIpc) is 2.79. The Bertz CT molecular complexity index is 1040. The predicted octanol–water partition coefficient (Wildman–Crippen LogP) is 6.37. The molecular weight excluding hydrogens is 437 g/mol. The number of rotatable bonds is 9. The van der Waals surface area contributed by atoms with Crippen molar-refractivity contribution in [2.45, 2.75) is 20.1 Å². The molecule has 0 aliphatic heterocycles.